The third kappa shape index (κ3) is 5.94. The first-order valence-corrected chi connectivity index (χ1v) is 7.38. The molecule has 5 nitrogen and oxygen atoms in total. The van der Waals surface area contributed by atoms with Crippen LogP contribution in [-0.2, 0) is 11.2 Å². The monoisotopic (exact) mass is 293 g/mol. The molecule has 21 heavy (non-hydrogen) atoms. The first-order valence-electron chi connectivity index (χ1n) is 7.38. The Morgan fingerprint density at radius 2 is 1.81 bits per heavy atom. The van der Waals surface area contributed by atoms with E-state index in [1.807, 2.05) is 13.8 Å². The van der Waals surface area contributed by atoms with Crippen molar-refractivity contribution in [1.29, 1.82) is 0 Å². The fourth-order valence-electron chi connectivity index (χ4n) is 2.40. The number of carboxylic acid groups (broad SMARTS) is 1. The van der Waals surface area contributed by atoms with Gasteiger partial charge < -0.3 is 5.11 Å². The Balaban J connectivity index is 2.28. The lowest BCUT2D eigenvalue weighted by Gasteiger charge is -2.15. The van der Waals surface area contributed by atoms with Crippen LogP contribution >= 0.6 is 0 Å². The van der Waals surface area contributed by atoms with Crippen LogP contribution in [0.4, 0.5) is 5.69 Å². The van der Waals surface area contributed by atoms with Crippen LogP contribution in [0, 0.1) is 22.0 Å². The minimum absolute atomic E-state index is 0.111. The number of hydrogen-bond acceptors (Lipinski definition) is 3. The topological polar surface area (TPSA) is 80.4 Å². The Bertz CT molecular complexity index is 468. The zero-order valence-electron chi connectivity index (χ0n) is 12.6. The highest BCUT2D eigenvalue weighted by Crippen LogP contribution is 2.20. The predicted molar refractivity (Wildman–Crippen MR) is 81.2 cm³/mol. The average molecular weight is 293 g/mol. The van der Waals surface area contributed by atoms with Gasteiger partial charge in [-0.1, -0.05) is 38.8 Å². The van der Waals surface area contributed by atoms with E-state index in [1.165, 1.54) is 12.1 Å². The van der Waals surface area contributed by atoms with Gasteiger partial charge >= 0.3 is 5.97 Å². The van der Waals surface area contributed by atoms with Gasteiger partial charge in [0.1, 0.15) is 0 Å². The van der Waals surface area contributed by atoms with Crippen LogP contribution in [0.2, 0.25) is 0 Å². The van der Waals surface area contributed by atoms with Crippen LogP contribution in [0.3, 0.4) is 0 Å². The quantitative estimate of drug-likeness (QED) is 0.423. The number of non-ortho nitro benzene ring substituents is 1. The molecule has 1 atom stereocenters. The fraction of sp³-hybridized carbons (Fsp3) is 0.562. The lowest BCUT2D eigenvalue weighted by Crippen LogP contribution is -2.19. The number of carbonyl (C=O) groups is 1. The maximum absolute atomic E-state index is 11.1. The third-order valence-electron chi connectivity index (χ3n) is 3.75. The molecule has 1 aromatic rings. The summed E-state index contributed by atoms with van der Waals surface area (Å²) in [6, 6.07) is 6.61. The van der Waals surface area contributed by atoms with E-state index in [-0.39, 0.29) is 17.5 Å². The van der Waals surface area contributed by atoms with Gasteiger partial charge in [-0.2, -0.15) is 0 Å². The van der Waals surface area contributed by atoms with E-state index in [9.17, 15) is 14.9 Å². The largest absolute Gasteiger partial charge is 0.481 e. The van der Waals surface area contributed by atoms with E-state index in [4.69, 9.17) is 5.11 Å². The Morgan fingerprint density at radius 1 is 1.19 bits per heavy atom. The molecular weight excluding hydrogens is 270 g/mol. The third-order valence-corrected chi connectivity index (χ3v) is 3.75. The molecule has 0 radical (unpaired) electrons. The molecule has 0 bridgehead atoms. The van der Waals surface area contributed by atoms with Crippen LogP contribution in [0.15, 0.2) is 24.3 Å². The van der Waals surface area contributed by atoms with Crippen LogP contribution in [0.5, 0.6) is 0 Å². The second kappa shape index (κ2) is 8.39. The second-order valence-electron chi connectivity index (χ2n) is 5.71. The first kappa shape index (κ1) is 17.1. The van der Waals surface area contributed by atoms with Crippen molar-refractivity contribution in [2.24, 2.45) is 11.8 Å². The molecule has 0 fully saturated rings. The van der Waals surface area contributed by atoms with E-state index in [0.717, 1.165) is 31.2 Å². The zero-order valence-corrected chi connectivity index (χ0v) is 12.6. The lowest BCUT2D eigenvalue weighted by molar-refractivity contribution is -0.384. The maximum Gasteiger partial charge on any atom is 0.306 e. The maximum atomic E-state index is 11.1. The summed E-state index contributed by atoms with van der Waals surface area (Å²) < 4.78 is 0. The summed E-state index contributed by atoms with van der Waals surface area (Å²) in [6.45, 7) is 3.88. The van der Waals surface area contributed by atoms with E-state index in [2.05, 4.69) is 0 Å². The Morgan fingerprint density at radius 3 is 2.29 bits per heavy atom. The number of hydrogen-bond donors (Lipinski definition) is 1. The number of nitro groups is 1. The molecule has 0 saturated carbocycles. The molecule has 0 aliphatic carbocycles. The lowest BCUT2D eigenvalue weighted by atomic mass is 9.90. The van der Waals surface area contributed by atoms with Crippen molar-refractivity contribution in [3.8, 4) is 0 Å². The van der Waals surface area contributed by atoms with Gasteiger partial charge in [0.2, 0.25) is 0 Å². The average Bonchev–Trinajstić information content (AvgIpc) is 2.42. The SMILES string of the molecule is CC(C)C(CCCCCc1ccc([N+](=O)[O-])cc1)C(=O)O. The van der Waals surface area contributed by atoms with Crippen LogP contribution in [0.25, 0.3) is 0 Å². The van der Waals surface area contributed by atoms with Crippen molar-refractivity contribution >= 4 is 11.7 Å². The molecule has 0 aliphatic heterocycles. The highest BCUT2D eigenvalue weighted by atomic mass is 16.6. The molecule has 1 N–H and O–H groups in total. The van der Waals surface area contributed by atoms with Gasteiger partial charge in [0.05, 0.1) is 10.8 Å². The number of rotatable bonds is 9. The van der Waals surface area contributed by atoms with Gasteiger partial charge in [-0.3, -0.25) is 14.9 Å². The van der Waals surface area contributed by atoms with Gasteiger partial charge in [-0.15, -0.1) is 0 Å². The molecule has 5 heteroatoms. The highest BCUT2D eigenvalue weighted by molar-refractivity contribution is 5.70. The molecular formula is C16H23NO4. The molecule has 0 aromatic heterocycles. The Kier molecular flexibility index (Phi) is 6.85. The van der Waals surface area contributed by atoms with Crippen molar-refractivity contribution in [2.45, 2.75) is 46.0 Å². The molecule has 1 aromatic carbocycles. The Labute approximate surface area is 125 Å². The summed E-state index contributed by atoms with van der Waals surface area (Å²) in [5, 5.41) is 19.6. The van der Waals surface area contributed by atoms with E-state index >= 15 is 0 Å². The van der Waals surface area contributed by atoms with E-state index in [1.54, 1.807) is 12.1 Å². The number of benzene rings is 1. The number of unbranched alkanes of at least 4 members (excludes halogenated alkanes) is 2. The summed E-state index contributed by atoms with van der Waals surface area (Å²) in [5.41, 5.74) is 1.19. The molecule has 1 rings (SSSR count). The summed E-state index contributed by atoms with van der Waals surface area (Å²) >= 11 is 0. The molecule has 0 aliphatic rings. The predicted octanol–water partition coefficient (Wildman–Crippen LogP) is 4.05. The number of nitrogens with zero attached hydrogens (tertiary/aromatic N) is 1. The van der Waals surface area contributed by atoms with Crippen molar-refractivity contribution in [1.82, 2.24) is 0 Å². The number of aryl methyl sites for hydroxylation is 1. The standard InChI is InChI=1S/C16H23NO4/c1-12(2)15(16(18)19)7-5-3-4-6-13-8-10-14(11-9-13)17(20)21/h8-12,15H,3-7H2,1-2H3,(H,18,19). The fourth-order valence-corrected chi connectivity index (χ4v) is 2.40. The summed E-state index contributed by atoms with van der Waals surface area (Å²) in [7, 11) is 0. The molecule has 0 spiro atoms. The normalized spacial score (nSPS) is 12.3. The highest BCUT2D eigenvalue weighted by Gasteiger charge is 2.20. The van der Waals surface area contributed by atoms with Gasteiger partial charge in [0, 0.05) is 12.1 Å². The van der Waals surface area contributed by atoms with Crippen molar-refractivity contribution in [2.75, 3.05) is 0 Å². The summed E-state index contributed by atoms with van der Waals surface area (Å²) in [6.07, 6.45) is 4.45. The van der Waals surface area contributed by atoms with Gasteiger partial charge in [0.25, 0.3) is 5.69 Å². The molecule has 0 heterocycles. The Hall–Kier alpha value is -1.91. The molecule has 0 amide bonds. The van der Waals surface area contributed by atoms with Gasteiger partial charge in [-0.25, -0.2) is 0 Å². The van der Waals surface area contributed by atoms with Gasteiger partial charge in [-0.05, 0) is 30.7 Å². The minimum atomic E-state index is -0.708. The number of carboxylic acids is 1. The van der Waals surface area contributed by atoms with Crippen LogP contribution in [0.1, 0.15) is 45.1 Å². The second-order valence-corrected chi connectivity index (χ2v) is 5.71. The first-order chi connectivity index (χ1) is 9.91. The molecule has 116 valence electrons. The molecule has 0 saturated heterocycles. The number of aliphatic carboxylic acids is 1. The van der Waals surface area contributed by atoms with Crippen molar-refractivity contribution < 1.29 is 14.8 Å². The van der Waals surface area contributed by atoms with Crippen molar-refractivity contribution in [3.63, 3.8) is 0 Å². The zero-order chi connectivity index (χ0) is 15.8. The van der Waals surface area contributed by atoms with Gasteiger partial charge in [0.15, 0.2) is 0 Å². The summed E-state index contributed by atoms with van der Waals surface area (Å²) in [4.78, 5) is 21.2. The molecule has 1 unspecified atom stereocenters. The number of nitro benzene ring substituents is 1. The smallest absolute Gasteiger partial charge is 0.306 e. The summed E-state index contributed by atoms with van der Waals surface area (Å²) in [5.74, 6) is -0.804. The van der Waals surface area contributed by atoms with E-state index < -0.39 is 10.9 Å². The van der Waals surface area contributed by atoms with Crippen LogP contribution < -0.4 is 0 Å². The van der Waals surface area contributed by atoms with E-state index in [0.29, 0.717) is 6.42 Å². The van der Waals surface area contributed by atoms with Crippen molar-refractivity contribution in [3.05, 3.63) is 39.9 Å². The van der Waals surface area contributed by atoms with Crippen LogP contribution in [-0.4, -0.2) is 16.0 Å². The minimum Gasteiger partial charge on any atom is -0.481 e.